The van der Waals surface area contributed by atoms with Gasteiger partial charge in [0, 0.05) is 0 Å². The van der Waals surface area contributed by atoms with Crippen LogP contribution in [0.3, 0.4) is 0 Å². The van der Waals surface area contributed by atoms with Crippen LogP contribution in [0.15, 0.2) is 36.4 Å². The molecule has 0 amide bonds. The van der Waals surface area contributed by atoms with Gasteiger partial charge in [0.25, 0.3) is 0 Å². The second kappa shape index (κ2) is 7.81. The maximum atomic E-state index is 12.9. The van der Waals surface area contributed by atoms with Crippen LogP contribution in [0, 0.1) is 45.9 Å². The molecule has 2 aromatic carbocycles. The lowest BCUT2D eigenvalue weighted by Gasteiger charge is -2.35. The van der Waals surface area contributed by atoms with Gasteiger partial charge in [0.15, 0.2) is 23.3 Å². The molecule has 0 saturated heterocycles. The Morgan fingerprint density at radius 1 is 0.840 bits per heavy atom. The van der Waals surface area contributed by atoms with E-state index in [-0.39, 0.29) is 6.42 Å². The van der Waals surface area contributed by atoms with Crippen molar-refractivity contribution in [1.29, 1.82) is 10.5 Å². The van der Waals surface area contributed by atoms with Crippen LogP contribution in [-0.4, -0.2) is 0 Å². The average molecular weight is 346 g/mol. The molecule has 0 unspecified atom stereocenters. The lowest BCUT2D eigenvalue weighted by atomic mass is 9.65. The second-order valence-electron chi connectivity index (χ2n) is 5.76. The number of rotatable bonds is 2. The standard InChI is InChI=1S/C11H9F2N.C8H5F2N/c12-9-3-2-8(6-10(9)13)11(7-14)4-1-5-11;9-7-2-1-6(3-4-11)5-8(7)10/h2-3,6H,1,4-5H2;1-2,5H,3H2. The Labute approximate surface area is 142 Å². The van der Waals surface area contributed by atoms with Gasteiger partial charge in [0.1, 0.15) is 0 Å². The first-order valence-corrected chi connectivity index (χ1v) is 7.59. The van der Waals surface area contributed by atoms with Gasteiger partial charge in [-0.3, -0.25) is 0 Å². The van der Waals surface area contributed by atoms with E-state index < -0.39 is 28.7 Å². The van der Waals surface area contributed by atoms with E-state index in [2.05, 4.69) is 6.07 Å². The van der Waals surface area contributed by atoms with Crippen molar-refractivity contribution in [3.8, 4) is 12.1 Å². The second-order valence-corrected chi connectivity index (χ2v) is 5.76. The Morgan fingerprint density at radius 2 is 1.44 bits per heavy atom. The van der Waals surface area contributed by atoms with Gasteiger partial charge in [0.05, 0.1) is 24.0 Å². The number of hydrogen-bond donors (Lipinski definition) is 0. The zero-order chi connectivity index (χ0) is 18.4. The van der Waals surface area contributed by atoms with E-state index >= 15 is 0 Å². The number of nitriles is 2. The topological polar surface area (TPSA) is 47.6 Å². The third-order valence-corrected chi connectivity index (χ3v) is 4.16. The van der Waals surface area contributed by atoms with E-state index in [1.807, 2.05) is 6.07 Å². The van der Waals surface area contributed by atoms with Crippen LogP contribution in [0.2, 0.25) is 0 Å². The minimum Gasteiger partial charge on any atom is -0.204 e. The molecule has 0 radical (unpaired) electrons. The van der Waals surface area contributed by atoms with Gasteiger partial charge in [-0.15, -0.1) is 0 Å². The molecule has 0 N–H and O–H groups in total. The highest BCUT2D eigenvalue weighted by Gasteiger charge is 2.39. The Kier molecular flexibility index (Phi) is 5.77. The lowest BCUT2D eigenvalue weighted by molar-refractivity contribution is 0.322. The summed E-state index contributed by atoms with van der Waals surface area (Å²) in [5.74, 6) is -3.52. The summed E-state index contributed by atoms with van der Waals surface area (Å²) in [6.45, 7) is 0. The third-order valence-electron chi connectivity index (χ3n) is 4.16. The molecule has 6 heteroatoms. The molecular weight excluding hydrogens is 332 g/mol. The maximum absolute atomic E-state index is 12.9. The van der Waals surface area contributed by atoms with Crippen molar-refractivity contribution in [3.05, 3.63) is 70.8 Å². The zero-order valence-corrected chi connectivity index (χ0v) is 13.2. The lowest BCUT2D eigenvalue weighted by Crippen LogP contribution is -2.32. The van der Waals surface area contributed by atoms with E-state index in [9.17, 15) is 17.6 Å². The summed E-state index contributed by atoms with van der Waals surface area (Å²) in [4.78, 5) is 0. The molecule has 25 heavy (non-hydrogen) atoms. The molecule has 0 atom stereocenters. The average Bonchev–Trinajstić information content (AvgIpc) is 2.55. The summed E-state index contributed by atoms with van der Waals surface area (Å²) in [5, 5.41) is 17.2. The summed E-state index contributed by atoms with van der Waals surface area (Å²) in [5.41, 5.74) is 0.533. The fourth-order valence-corrected chi connectivity index (χ4v) is 2.53. The highest BCUT2D eigenvalue weighted by atomic mass is 19.2. The minimum absolute atomic E-state index is 0.108. The number of nitrogens with zero attached hydrogens (tertiary/aromatic N) is 2. The predicted molar refractivity (Wildman–Crippen MR) is 83.2 cm³/mol. The number of benzene rings is 2. The fourth-order valence-electron chi connectivity index (χ4n) is 2.53. The molecule has 0 aromatic heterocycles. The first-order chi connectivity index (χ1) is 11.9. The van der Waals surface area contributed by atoms with Crippen LogP contribution in [-0.2, 0) is 11.8 Å². The van der Waals surface area contributed by atoms with Gasteiger partial charge in [-0.05, 0) is 54.7 Å². The summed E-state index contributed by atoms with van der Waals surface area (Å²) >= 11 is 0. The van der Waals surface area contributed by atoms with Crippen LogP contribution in [0.4, 0.5) is 17.6 Å². The molecule has 0 heterocycles. The molecule has 3 rings (SSSR count). The Bertz CT molecular complexity index is 845. The van der Waals surface area contributed by atoms with Crippen LogP contribution < -0.4 is 0 Å². The Hall–Kier alpha value is -2.86. The van der Waals surface area contributed by atoms with Crippen molar-refractivity contribution < 1.29 is 17.6 Å². The van der Waals surface area contributed by atoms with E-state index in [0.29, 0.717) is 11.1 Å². The third kappa shape index (κ3) is 4.16. The molecule has 0 spiro atoms. The molecule has 0 bridgehead atoms. The van der Waals surface area contributed by atoms with Crippen molar-refractivity contribution in [1.82, 2.24) is 0 Å². The monoisotopic (exact) mass is 346 g/mol. The van der Waals surface area contributed by atoms with Gasteiger partial charge >= 0.3 is 0 Å². The fraction of sp³-hybridized carbons (Fsp3) is 0.263. The van der Waals surface area contributed by atoms with Crippen molar-refractivity contribution in [2.75, 3.05) is 0 Å². The summed E-state index contributed by atoms with van der Waals surface area (Å²) in [7, 11) is 0. The molecule has 2 aromatic rings. The van der Waals surface area contributed by atoms with Crippen molar-refractivity contribution in [2.24, 2.45) is 0 Å². The van der Waals surface area contributed by atoms with Crippen LogP contribution in [0.25, 0.3) is 0 Å². The van der Waals surface area contributed by atoms with Gasteiger partial charge in [-0.1, -0.05) is 12.1 Å². The van der Waals surface area contributed by atoms with E-state index in [1.165, 1.54) is 12.1 Å². The SMILES string of the molecule is N#CC1(c2ccc(F)c(F)c2)CCC1.N#CCc1ccc(F)c(F)c1. The summed E-state index contributed by atoms with van der Waals surface area (Å²) < 4.78 is 50.3. The van der Waals surface area contributed by atoms with Crippen molar-refractivity contribution in [2.45, 2.75) is 31.1 Å². The van der Waals surface area contributed by atoms with E-state index in [1.54, 1.807) is 0 Å². The van der Waals surface area contributed by atoms with Gasteiger partial charge in [-0.25, -0.2) is 17.6 Å². The number of halogens is 4. The summed E-state index contributed by atoms with van der Waals surface area (Å²) in [6.07, 6.45) is 2.58. The van der Waals surface area contributed by atoms with Gasteiger partial charge in [-0.2, -0.15) is 10.5 Å². The Balaban J connectivity index is 0.000000186. The van der Waals surface area contributed by atoms with Crippen LogP contribution in [0.1, 0.15) is 30.4 Å². The van der Waals surface area contributed by atoms with E-state index in [4.69, 9.17) is 10.5 Å². The quantitative estimate of drug-likeness (QED) is 0.723. The first-order valence-electron chi connectivity index (χ1n) is 7.59. The smallest absolute Gasteiger partial charge is 0.159 e. The van der Waals surface area contributed by atoms with Crippen LogP contribution in [0.5, 0.6) is 0 Å². The molecule has 1 saturated carbocycles. The first kappa shape index (κ1) is 18.5. The molecule has 2 nitrogen and oxygen atoms in total. The molecule has 128 valence electrons. The van der Waals surface area contributed by atoms with Crippen molar-refractivity contribution >= 4 is 0 Å². The highest BCUT2D eigenvalue weighted by molar-refractivity contribution is 5.35. The minimum atomic E-state index is -0.905. The molecule has 1 fully saturated rings. The van der Waals surface area contributed by atoms with Gasteiger partial charge < -0.3 is 0 Å². The van der Waals surface area contributed by atoms with E-state index in [0.717, 1.165) is 43.5 Å². The summed E-state index contributed by atoms with van der Waals surface area (Å²) in [6, 6.07) is 11.2. The molecule has 1 aliphatic carbocycles. The number of hydrogen-bond acceptors (Lipinski definition) is 2. The zero-order valence-electron chi connectivity index (χ0n) is 13.2. The normalized spacial score (nSPS) is 14.3. The molecule has 1 aliphatic rings. The largest absolute Gasteiger partial charge is 0.204 e. The van der Waals surface area contributed by atoms with Crippen molar-refractivity contribution in [3.63, 3.8) is 0 Å². The molecular formula is C19H14F4N2. The predicted octanol–water partition coefficient (Wildman–Crippen LogP) is 4.94. The Morgan fingerprint density at radius 3 is 1.88 bits per heavy atom. The molecule has 0 aliphatic heterocycles. The maximum Gasteiger partial charge on any atom is 0.159 e. The van der Waals surface area contributed by atoms with Crippen LogP contribution >= 0.6 is 0 Å². The highest BCUT2D eigenvalue weighted by Crippen LogP contribution is 2.43. The van der Waals surface area contributed by atoms with Gasteiger partial charge in [0.2, 0.25) is 0 Å².